The Labute approximate surface area is 354 Å². The number of carbonyl (C=O) groups excluding carboxylic acids is 3. The average molecular weight is 835 g/mol. The van der Waals surface area contributed by atoms with Crippen molar-refractivity contribution in [1.29, 1.82) is 5.26 Å². The third-order valence-electron chi connectivity index (χ3n) is 13.0. The third kappa shape index (κ3) is 8.02. The van der Waals surface area contributed by atoms with Crippen LogP contribution in [-0.2, 0) is 9.59 Å². The van der Waals surface area contributed by atoms with E-state index in [-0.39, 0.29) is 53.2 Å². The maximum Gasteiger partial charge on any atom is 0.275 e. The van der Waals surface area contributed by atoms with Crippen LogP contribution in [0.25, 0.3) is 10.8 Å². The van der Waals surface area contributed by atoms with E-state index in [0.29, 0.717) is 39.2 Å². The van der Waals surface area contributed by atoms with E-state index >= 15 is 0 Å². The number of hydrogen-bond donors (Lipinski definition) is 2. The number of aromatic nitrogens is 4. The third-order valence-corrected chi connectivity index (χ3v) is 13.3. The van der Waals surface area contributed by atoms with E-state index in [4.69, 9.17) is 16.3 Å². The molecule has 16 heteroatoms. The predicted molar refractivity (Wildman–Crippen MR) is 227 cm³/mol. The van der Waals surface area contributed by atoms with Crippen molar-refractivity contribution in [2.24, 2.45) is 16.7 Å². The van der Waals surface area contributed by atoms with E-state index in [9.17, 15) is 24.4 Å². The maximum absolute atomic E-state index is 13.5. The van der Waals surface area contributed by atoms with Crippen LogP contribution in [0.5, 0.6) is 5.75 Å². The zero-order chi connectivity index (χ0) is 42.3. The Morgan fingerprint density at radius 1 is 0.933 bits per heavy atom. The first kappa shape index (κ1) is 41.2. The van der Waals surface area contributed by atoms with Crippen molar-refractivity contribution < 1.29 is 19.1 Å². The highest BCUT2D eigenvalue weighted by Crippen LogP contribution is 2.55. The van der Waals surface area contributed by atoms with Gasteiger partial charge < -0.3 is 19.9 Å². The number of piperazine rings is 1. The molecule has 2 aromatic carbocycles. The van der Waals surface area contributed by atoms with Crippen molar-refractivity contribution in [3.63, 3.8) is 0 Å². The van der Waals surface area contributed by atoms with Gasteiger partial charge in [-0.05, 0) is 61.9 Å². The molecule has 3 aliphatic heterocycles. The molecule has 4 aliphatic rings. The van der Waals surface area contributed by atoms with E-state index in [1.165, 1.54) is 4.68 Å². The van der Waals surface area contributed by atoms with Crippen LogP contribution >= 0.6 is 11.6 Å². The van der Waals surface area contributed by atoms with Crippen LogP contribution in [0.15, 0.2) is 59.8 Å². The second-order valence-corrected chi connectivity index (χ2v) is 18.2. The number of nitrogens with zero attached hydrogens (tertiary/aromatic N) is 8. The highest BCUT2D eigenvalue weighted by Gasteiger charge is 2.64. The Balaban J connectivity index is 0.806. The first-order valence-corrected chi connectivity index (χ1v) is 21.2. The minimum atomic E-state index is -0.788. The monoisotopic (exact) mass is 834 g/mol. The lowest BCUT2D eigenvalue weighted by Crippen LogP contribution is -2.74. The first-order chi connectivity index (χ1) is 28.7. The molecule has 0 bridgehead atoms. The Kier molecular flexibility index (Phi) is 11.3. The minimum Gasteiger partial charge on any atom is -0.489 e. The second kappa shape index (κ2) is 16.5. The number of amides is 3. The van der Waals surface area contributed by atoms with Crippen LogP contribution in [0.3, 0.4) is 0 Å². The van der Waals surface area contributed by atoms with Crippen molar-refractivity contribution in [2.45, 2.75) is 78.0 Å². The highest BCUT2D eigenvalue weighted by molar-refractivity contribution is 6.31. The number of anilines is 2. The lowest BCUT2D eigenvalue weighted by atomic mass is 9.49. The van der Waals surface area contributed by atoms with Gasteiger partial charge in [-0.25, -0.2) is 14.6 Å². The molecule has 2 N–H and O–H groups in total. The van der Waals surface area contributed by atoms with Crippen LogP contribution in [0.4, 0.5) is 11.6 Å². The molecule has 0 radical (unpaired) electrons. The van der Waals surface area contributed by atoms with Gasteiger partial charge in [-0.15, -0.1) is 0 Å². The van der Waals surface area contributed by atoms with Gasteiger partial charge in [0.25, 0.3) is 17.4 Å². The van der Waals surface area contributed by atoms with Crippen LogP contribution in [0, 0.1) is 28.1 Å². The van der Waals surface area contributed by atoms with Gasteiger partial charge in [0.2, 0.25) is 11.9 Å². The van der Waals surface area contributed by atoms with Gasteiger partial charge in [-0.3, -0.25) is 29.4 Å². The Bertz CT molecular complexity index is 2390. The number of benzene rings is 2. The summed E-state index contributed by atoms with van der Waals surface area (Å²) in [7, 11) is 0. The van der Waals surface area contributed by atoms with Crippen molar-refractivity contribution in [3.8, 4) is 11.8 Å². The number of fused-ring (bicyclic) bond motifs is 1. The molecule has 1 aliphatic carbocycles. The second-order valence-electron chi connectivity index (χ2n) is 17.8. The summed E-state index contributed by atoms with van der Waals surface area (Å²) in [5.41, 5.74) is 0.738. The van der Waals surface area contributed by atoms with Crippen molar-refractivity contribution >= 4 is 51.7 Å². The number of piperidine rings is 1. The normalized spacial score (nSPS) is 24.2. The van der Waals surface area contributed by atoms with Crippen LogP contribution in [0.2, 0.25) is 5.02 Å². The summed E-state index contributed by atoms with van der Waals surface area (Å²) in [4.78, 5) is 67.1. The van der Waals surface area contributed by atoms with E-state index in [1.807, 2.05) is 18.2 Å². The molecule has 3 saturated heterocycles. The summed E-state index contributed by atoms with van der Waals surface area (Å²) >= 11 is 6.25. The quantitative estimate of drug-likeness (QED) is 0.222. The zero-order valence-corrected chi connectivity index (χ0v) is 35.2. The fraction of sp³-hybridized carbons (Fsp3) is 0.500. The number of nitrogens with one attached hydrogen (secondary N) is 2. The van der Waals surface area contributed by atoms with E-state index in [2.05, 4.69) is 74.2 Å². The molecule has 4 fully saturated rings. The standard InChI is InChI=1S/C44H51ClN10O5/c1-43(2)40(44(3,4)41(43)60-32-9-7-28(22-46)34(45)21-32)51-37(57)30-23-47-42(48-24-30)54-14-5-6-27(13-15-54)26-52-16-18-53(19-17-52)31-8-10-33-29(20-31)25-49-55(39(33)59)35-11-12-36(56)50-38(35)58/h7-10,20-21,23-25,27,35,40-41H,5-6,11-19,26H2,1-4H3,(H,51,57)(H,50,56,58)/t27?,35-,40?,41?/m1/s1. The minimum absolute atomic E-state index is 0.172. The summed E-state index contributed by atoms with van der Waals surface area (Å²) in [5, 5.41) is 20.6. The van der Waals surface area contributed by atoms with Gasteiger partial charge in [0.1, 0.15) is 24.0 Å². The van der Waals surface area contributed by atoms with Crippen molar-refractivity contribution in [1.82, 2.24) is 35.3 Å². The maximum atomic E-state index is 13.5. The number of rotatable bonds is 9. The molecule has 15 nitrogen and oxygen atoms in total. The zero-order valence-electron chi connectivity index (χ0n) is 34.5. The molecule has 1 saturated carbocycles. The number of hydrogen-bond acceptors (Lipinski definition) is 12. The predicted octanol–water partition coefficient (Wildman–Crippen LogP) is 4.73. The van der Waals surface area contributed by atoms with Gasteiger partial charge in [-0.1, -0.05) is 39.3 Å². The summed E-state index contributed by atoms with van der Waals surface area (Å²) in [5.74, 6) is 0.733. The molecule has 2 aromatic heterocycles. The van der Waals surface area contributed by atoms with Crippen LogP contribution in [-0.4, -0.2) is 100 Å². The topological polar surface area (TPSA) is 179 Å². The van der Waals surface area contributed by atoms with E-state index < -0.39 is 11.9 Å². The Morgan fingerprint density at radius 3 is 2.38 bits per heavy atom. The lowest BCUT2D eigenvalue weighted by molar-refractivity contribution is -0.164. The molecule has 2 atom stereocenters. The van der Waals surface area contributed by atoms with Crippen LogP contribution < -0.4 is 30.7 Å². The molecule has 1 unspecified atom stereocenters. The fourth-order valence-corrected chi connectivity index (χ4v) is 10.2. The molecule has 60 heavy (non-hydrogen) atoms. The molecular formula is C44H51ClN10O5. The number of imide groups is 1. The van der Waals surface area contributed by atoms with Crippen molar-refractivity contribution in [3.05, 3.63) is 81.5 Å². The summed E-state index contributed by atoms with van der Waals surface area (Å²) in [6, 6.07) is 11.9. The smallest absolute Gasteiger partial charge is 0.275 e. The lowest BCUT2D eigenvalue weighted by Gasteiger charge is -2.63. The molecular weight excluding hydrogens is 784 g/mol. The van der Waals surface area contributed by atoms with E-state index in [0.717, 1.165) is 76.1 Å². The SMILES string of the molecule is CC1(C)C(NC(=O)c2cnc(N3CCCC(CN4CCN(c5ccc6c(=O)n([C@@H]7CCC(=O)NC7=O)ncc6c5)CC4)CC3)nc2)C(C)(C)C1Oc1ccc(C#N)c(Cl)c1. The summed E-state index contributed by atoms with van der Waals surface area (Å²) < 4.78 is 7.57. The van der Waals surface area contributed by atoms with Gasteiger partial charge in [0, 0.05) is 98.6 Å². The molecule has 314 valence electrons. The Hall–Kier alpha value is -5.59. The average Bonchev–Trinajstić information content (AvgIpc) is 3.48. The van der Waals surface area contributed by atoms with Gasteiger partial charge in [0.05, 0.1) is 27.7 Å². The number of nitriles is 1. The summed E-state index contributed by atoms with van der Waals surface area (Å²) in [6.45, 7) is 14.7. The summed E-state index contributed by atoms with van der Waals surface area (Å²) in [6.07, 6.45) is 8.30. The largest absolute Gasteiger partial charge is 0.489 e. The number of halogens is 1. The van der Waals surface area contributed by atoms with Gasteiger partial charge in [-0.2, -0.15) is 10.4 Å². The molecule has 0 spiro atoms. The molecule has 4 aromatic rings. The number of ether oxygens (including phenoxy) is 1. The van der Waals surface area contributed by atoms with E-state index in [1.54, 1.807) is 36.8 Å². The number of carbonyl (C=O) groups is 3. The van der Waals surface area contributed by atoms with Crippen molar-refractivity contribution in [2.75, 3.05) is 55.6 Å². The van der Waals surface area contributed by atoms with Gasteiger partial charge >= 0.3 is 0 Å². The van der Waals surface area contributed by atoms with Gasteiger partial charge in [0.15, 0.2) is 0 Å². The molecule has 3 amide bonds. The Morgan fingerprint density at radius 2 is 1.68 bits per heavy atom. The fourth-order valence-electron chi connectivity index (χ4n) is 10.00. The first-order valence-electron chi connectivity index (χ1n) is 20.8. The molecule has 8 rings (SSSR count). The highest BCUT2D eigenvalue weighted by atomic mass is 35.5. The van der Waals surface area contributed by atoms with Crippen LogP contribution in [0.1, 0.15) is 81.8 Å². The molecule has 5 heterocycles.